The van der Waals surface area contributed by atoms with E-state index >= 15 is 0 Å². The molecule has 5 nitrogen and oxygen atoms in total. The van der Waals surface area contributed by atoms with Gasteiger partial charge >= 0.3 is 77.2 Å². The van der Waals surface area contributed by atoms with Gasteiger partial charge in [0.1, 0.15) is 0 Å². The van der Waals surface area contributed by atoms with Gasteiger partial charge in [-0.25, -0.2) is 13.2 Å². The van der Waals surface area contributed by atoms with Crippen LogP contribution >= 0.6 is 0 Å². The molecular weight excluding hydrogens is 552 g/mol. The van der Waals surface area contributed by atoms with Crippen LogP contribution in [0.4, 0.5) is 65.9 Å². The van der Waals surface area contributed by atoms with Crippen LogP contribution in [0.5, 0.6) is 0 Å². The van der Waals surface area contributed by atoms with Crippen molar-refractivity contribution in [2.45, 2.75) is 48.1 Å². The van der Waals surface area contributed by atoms with E-state index in [2.05, 4.69) is 4.74 Å². The number of carbonyl (C=O) groups is 1. The molecule has 0 unspecified atom stereocenters. The predicted octanol–water partition coefficient (Wildman–Crippen LogP) is 0.843. The molecule has 192 valence electrons. The Morgan fingerprint density at radius 3 is 1.33 bits per heavy atom. The van der Waals surface area contributed by atoms with E-state index in [0.29, 0.717) is 0 Å². The molecule has 0 heterocycles. The maximum atomic E-state index is 13.4. The number of carbonyl (C=O) groups excluding carboxylic acids is 1. The van der Waals surface area contributed by atoms with Gasteiger partial charge in [-0.1, -0.05) is 0 Å². The SMILES string of the molecule is O=C(OCCCS(=O)(=O)[O-])C(F)(F)C(F)(F)C(F)(F)C(F)(F)C(F)(F)C(F)(F)C(F)(F)F.[Na+]. The molecule has 0 saturated carbocycles. The van der Waals surface area contributed by atoms with Gasteiger partial charge in [0.2, 0.25) is 0 Å². The van der Waals surface area contributed by atoms with Crippen molar-refractivity contribution < 1.29 is 118 Å². The van der Waals surface area contributed by atoms with E-state index in [9.17, 15) is 83.6 Å². The molecule has 0 aromatic heterocycles. The molecule has 0 fully saturated rings. The second-order valence-electron chi connectivity index (χ2n) is 5.70. The summed E-state index contributed by atoms with van der Waals surface area (Å²) >= 11 is 0. The Morgan fingerprint density at radius 1 is 0.667 bits per heavy atom. The molecule has 0 amide bonds. The van der Waals surface area contributed by atoms with Gasteiger partial charge in [-0.3, -0.25) is 0 Å². The van der Waals surface area contributed by atoms with Crippen LogP contribution in [0, 0.1) is 0 Å². The Morgan fingerprint density at radius 2 is 1.00 bits per heavy atom. The first-order valence-corrected chi connectivity index (χ1v) is 8.65. The molecule has 0 aromatic rings. The van der Waals surface area contributed by atoms with Crippen LogP contribution in [0.15, 0.2) is 0 Å². The molecule has 0 rings (SSSR count). The van der Waals surface area contributed by atoms with Crippen molar-refractivity contribution in [2.24, 2.45) is 0 Å². The van der Waals surface area contributed by atoms with Crippen molar-refractivity contribution in [2.75, 3.05) is 12.4 Å². The normalized spacial score (nSPS) is 15.2. The minimum Gasteiger partial charge on any atom is -0.748 e. The minimum absolute atomic E-state index is 0. The molecule has 0 saturated heterocycles. The Hall–Kier alpha value is -0.670. The van der Waals surface area contributed by atoms with Crippen LogP contribution < -0.4 is 29.6 Å². The van der Waals surface area contributed by atoms with E-state index in [4.69, 9.17) is 0 Å². The maximum absolute atomic E-state index is 13.4. The van der Waals surface area contributed by atoms with Crippen LogP contribution in [0.3, 0.4) is 0 Å². The molecule has 0 N–H and O–H groups in total. The fourth-order valence-corrected chi connectivity index (χ4v) is 2.06. The quantitative estimate of drug-likeness (QED) is 0.131. The molecule has 0 spiro atoms. The van der Waals surface area contributed by atoms with E-state index in [1.165, 1.54) is 0 Å². The van der Waals surface area contributed by atoms with Gasteiger partial charge in [0, 0.05) is 5.75 Å². The molecule has 0 atom stereocenters. The number of alkyl halides is 15. The zero-order valence-electron chi connectivity index (χ0n) is 15.2. The largest absolute Gasteiger partial charge is 1.00 e. The monoisotopic (exact) mass is 558 g/mol. The fourth-order valence-electron chi connectivity index (χ4n) is 1.59. The molecule has 22 heteroatoms. The van der Waals surface area contributed by atoms with Crippen LogP contribution in [0.1, 0.15) is 6.42 Å². The number of hydrogen-bond donors (Lipinski definition) is 0. The second-order valence-corrected chi connectivity index (χ2v) is 7.22. The van der Waals surface area contributed by atoms with E-state index in [0.717, 1.165) is 0 Å². The van der Waals surface area contributed by atoms with Gasteiger partial charge in [-0.15, -0.1) is 0 Å². The van der Waals surface area contributed by atoms with Crippen LogP contribution in [0.2, 0.25) is 0 Å². The summed E-state index contributed by atoms with van der Waals surface area (Å²) in [6.07, 6.45) is -9.00. The van der Waals surface area contributed by atoms with Crippen LogP contribution in [-0.4, -0.2) is 73.0 Å². The van der Waals surface area contributed by atoms with Crippen molar-refractivity contribution in [3.8, 4) is 0 Å². The van der Waals surface area contributed by atoms with Gasteiger partial charge in [-0.05, 0) is 6.42 Å². The molecule has 0 aromatic carbocycles. The van der Waals surface area contributed by atoms with Gasteiger partial charge < -0.3 is 9.29 Å². The summed E-state index contributed by atoms with van der Waals surface area (Å²) < 4.78 is 227. The molecule has 0 aliphatic rings. The van der Waals surface area contributed by atoms with Crippen LogP contribution in [-0.2, 0) is 19.6 Å². The van der Waals surface area contributed by atoms with Crippen molar-refractivity contribution in [1.29, 1.82) is 0 Å². The van der Waals surface area contributed by atoms with E-state index < -0.39 is 76.6 Å². The van der Waals surface area contributed by atoms with Crippen LogP contribution in [0.25, 0.3) is 0 Å². The minimum atomic E-state index is -8.55. The van der Waals surface area contributed by atoms with Gasteiger partial charge in [0.15, 0.2) is 0 Å². The molecule has 0 bridgehead atoms. The number of rotatable bonds is 10. The molecule has 33 heavy (non-hydrogen) atoms. The zero-order valence-corrected chi connectivity index (χ0v) is 18.1. The van der Waals surface area contributed by atoms with Crippen molar-refractivity contribution in [3.63, 3.8) is 0 Å². The Bertz CT molecular complexity index is 808. The third kappa shape index (κ3) is 5.95. The third-order valence-corrected chi connectivity index (χ3v) is 4.14. The van der Waals surface area contributed by atoms with Crippen molar-refractivity contribution in [3.05, 3.63) is 0 Å². The molecule has 0 aliphatic carbocycles. The maximum Gasteiger partial charge on any atom is 1.00 e. The average Bonchev–Trinajstić information content (AvgIpc) is 2.55. The average molecular weight is 558 g/mol. The number of esters is 1. The molecule has 0 aliphatic heterocycles. The number of ether oxygens (including phenoxy) is 1. The molecule has 0 radical (unpaired) electrons. The first-order chi connectivity index (χ1) is 13.6. The van der Waals surface area contributed by atoms with E-state index in [1.54, 1.807) is 0 Å². The molecular formula is C11H6F15NaO5S. The summed E-state index contributed by atoms with van der Waals surface area (Å²) in [5.41, 5.74) is 0. The summed E-state index contributed by atoms with van der Waals surface area (Å²) in [7, 11) is -5.11. The Kier molecular flexibility index (Phi) is 10.2. The second kappa shape index (κ2) is 9.76. The third-order valence-electron chi connectivity index (χ3n) is 3.36. The van der Waals surface area contributed by atoms with Gasteiger partial charge in [-0.2, -0.15) is 65.9 Å². The van der Waals surface area contributed by atoms with Crippen molar-refractivity contribution in [1.82, 2.24) is 0 Å². The summed E-state index contributed by atoms with van der Waals surface area (Å²) in [4.78, 5) is 10.8. The zero-order chi connectivity index (χ0) is 26.4. The summed E-state index contributed by atoms with van der Waals surface area (Å²) in [6, 6.07) is 0. The topological polar surface area (TPSA) is 83.5 Å². The summed E-state index contributed by atoms with van der Waals surface area (Å²) in [5, 5.41) is 0. The standard InChI is InChI=1S/C11H7F15O5S.Na/c12-5(13,4(27)31-2-1-3-32(28,29)30)6(14,15)7(16,17)8(18,19)9(20,21)10(22,23)11(24,25)26;/h1-3H2,(H,28,29,30);/q;+1/p-1. The summed E-state index contributed by atoms with van der Waals surface area (Å²) in [5.74, 6) is -54.4. The van der Waals surface area contributed by atoms with E-state index in [1.807, 2.05) is 0 Å². The Labute approximate surface area is 194 Å². The van der Waals surface area contributed by atoms with E-state index in [-0.39, 0.29) is 29.6 Å². The van der Waals surface area contributed by atoms with Crippen molar-refractivity contribution >= 4 is 16.1 Å². The predicted molar refractivity (Wildman–Crippen MR) is 65.9 cm³/mol. The van der Waals surface area contributed by atoms with Gasteiger partial charge in [0.25, 0.3) is 0 Å². The van der Waals surface area contributed by atoms with Gasteiger partial charge in [0.05, 0.1) is 16.7 Å². The number of hydrogen-bond acceptors (Lipinski definition) is 5. The first kappa shape index (κ1) is 34.5. The summed E-state index contributed by atoms with van der Waals surface area (Å²) in [6.45, 7) is -1.74. The Balaban J connectivity index is 0. The number of halogens is 15. The fraction of sp³-hybridized carbons (Fsp3) is 0.909. The first-order valence-electron chi connectivity index (χ1n) is 7.07. The smallest absolute Gasteiger partial charge is 0.748 e.